The molecule has 2 aromatic carbocycles. The standard InChI is InChI=1S/C19H15F3N2O4/c1-26-14-4-3-5-15(27-2)16(14)17(25)24-18-23-13(10-28-18)11-6-8-12(9-7-11)19(20,21)22/h3-10H,1-2H3,(H,23,24,25). The van der Waals surface area contributed by atoms with Crippen molar-refractivity contribution in [2.45, 2.75) is 6.18 Å². The van der Waals surface area contributed by atoms with Gasteiger partial charge in [0.25, 0.3) is 5.91 Å². The second kappa shape index (κ2) is 7.63. The van der Waals surface area contributed by atoms with Crippen molar-refractivity contribution in [3.8, 4) is 22.8 Å². The zero-order valence-corrected chi connectivity index (χ0v) is 14.8. The van der Waals surface area contributed by atoms with Gasteiger partial charge in [0, 0.05) is 5.56 Å². The van der Waals surface area contributed by atoms with Crippen LogP contribution in [0.25, 0.3) is 11.3 Å². The molecule has 1 N–H and O–H groups in total. The van der Waals surface area contributed by atoms with Crippen LogP contribution in [0.5, 0.6) is 11.5 Å². The number of nitrogens with zero attached hydrogens (tertiary/aromatic N) is 1. The SMILES string of the molecule is COc1cccc(OC)c1C(=O)Nc1nc(-c2ccc(C(F)(F)F)cc2)co1. The molecule has 0 radical (unpaired) electrons. The fourth-order valence-electron chi connectivity index (χ4n) is 2.53. The van der Waals surface area contributed by atoms with E-state index >= 15 is 0 Å². The molecule has 3 rings (SSSR count). The summed E-state index contributed by atoms with van der Waals surface area (Å²) in [5, 5.41) is 2.48. The topological polar surface area (TPSA) is 73.6 Å². The van der Waals surface area contributed by atoms with Gasteiger partial charge >= 0.3 is 12.2 Å². The number of amides is 1. The Morgan fingerprint density at radius 3 is 2.18 bits per heavy atom. The van der Waals surface area contributed by atoms with E-state index in [0.29, 0.717) is 17.1 Å². The van der Waals surface area contributed by atoms with Crippen LogP contribution in [0.1, 0.15) is 15.9 Å². The third-order valence-corrected chi connectivity index (χ3v) is 3.89. The molecule has 0 unspecified atom stereocenters. The zero-order chi connectivity index (χ0) is 20.3. The minimum absolute atomic E-state index is 0.118. The summed E-state index contributed by atoms with van der Waals surface area (Å²) in [6, 6.07) is 9.19. The zero-order valence-electron chi connectivity index (χ0n) is 14.8. The molecule has 0 saturated carbocycles. The van der Waals surface area contributed by atoms with Gasteiger partial charge < -0.3 is 13.9 Å². The van der Waals surface area contributed by atoms with Gasteiger partial charge in [-0.3, -0.25) is 10.1 Å². The lowest BCUT2D eigenvalue weighted by Gasteiger charge is -2.11. The van der Waals surface area contributed by atoms with Crippen molar-refractivity contribution >= 4 is 11.9 Å². The summed E-state index contributed by atoms with van der Waals surface area (Å²) >= 11 is 0. The van der Waals surface area contributed by atoms with Gasteiger partial charge in [-0.05, 0) is 24.3 Å². The van der Waals surface area contributed by atoms with Crippen molar-refractivity contribution < 1.29 is 31.9 Å². The molecular weight excluding hydrogens is 377 g/mol. The summed E-state index contributed by atoms with van der Waals surface area (Å²) in [6.07, 6.45) is -3.19. The van der Waals surface area contributed by atoms with Gasteiger partial charge in [0.2, 0.25) is 0 Å². The maximum absolute atomic E-state index is 12.7. The third kappa shape index (κ3) is 3.93. The van der Waals surface area contributed by atoms with E-state index in [-0.39, 0.29) is 17.3 Å². The fraction of sp³-hybridized carbons (Fsp3) is 0.158. The summed E-state index contributed by atoms with van der Waals surface area (Å²) in [5.74, 6) is 0.0212. The predicted molar refractivity (Wildman–Crippen MR) is 94.4 cm³/mol. The van der Waals surface area contributed by atoms with Gasteiger partial charge in [0.1, 0.15) is 29.0 Å². The van der Waals surface area contributed by atoms with E-state index in [9.17, 15) is 18.0 Å². The number of hydrogen-bond donors (Lipinski definition) is 1. The van der Waals surface area contributed by atoms with Gasteiger partial charge in [0.15, 0.2) is 0 Å². The van der Waals surface area contributed by atoms with Gasteiger partial charge in [-0.2, -0.15) is 18.2 Å². The van der Waals surface area contributed by atoms with E-state index in [1.54, 1.807) is 18.2 Å². The van der Waals surface area contributed by atoms with Crippen molar-refractivity contribution in [1.82, 2.24) is 4.98 Å². The van der Waals surface area contributed by atoms with Crippen LogP contribution in [0.4, 0.5) is 19.2 Å². The predicted octanol–water partition coefficient (Wildman–Crippen LogP) is 4.63. The number of anilines is 1. The van der Waals surface area contributed by atoms with Crippen molar-refractivity contribution in [2.75, 3.05) is 19.5 Å². The maximum atomic E-state index is 12.7. The molecule has 0 spiro atoms. The molecule has 3 aromatic rings. The van der Waals surface area contributed by atoms with Crippen molar-refractivity contribution in [2.24, 2.45) is 0 Å². The summed E-state index contributed by atoms with van der Waals surface area (Å²) in [7, 11) is 2.83. The molecule has 0 aliphatic rings. The Morgan fingerprint density at radius 1 is 1.04 bits per heavy atom. The Hall–Kier alpha value is -3.49. The van der Waals surface area contributed by atoms with Crippen LogP contribution in [0.15, 0.2) is 53.1 Å². The van der Waals surface area contributed by atoms with E-state index in [2.05, 4.69) is 10.3 Å². The number of methoxy groups -OCH3 is 2. The highest BCUT2D eigenvalue weighted by Crippen LogP contribution is 2.32. The number of alkyl halides is 3. The van der Waals surface area contributed by atoms with Crippen LogP contribution in [-0.2, 0) is 6.18 Å². The molecule has 6 nitrogen and oxygen atoms in total. The van der Waals surface area contributed by atoms with Crippen molar-refractivity contribution in [3.05, 3.63) is 59.9 Å². The second-order valence-corrected chi connectivity index (χ2v) is 5.60. The average molecular weight is 392 g/mol. The Bertz CT molecular complexity index is 959. The van der Waals surface area contributed by atoms with Crippen LogP contribution in [0.3, 0.4) is 0 Å². The first kappa shape index (κ1) is 19.3. The highest BCUT2D eigenvalue weighted by molar-refractivity contribution is 6.07. The Kier molecular flexibility index (Phi) is 5.25. The second-order valence-electron chi connectivity index (χ2n) is 5.60. The number of oxazole rings is 1. The summed E-state index contributed by atoms with van der Waals surface area (Å²) in [4.78, 5) is 16.7. The fourth-order valence-corrected chi connectivity index (χ4v) is 2.53. The number of aromatic nitrogens is 1. The molecule has 0 aliphatic carbocycles. The summed E-state index contributed by atoms with van der Waals surface area (Å²) in [6.45, 7) is 0. The highest BCUT2D eigenvalue weighted by Gasteiger charge is 2.30. The number of halogens is 3. The molecule has 1 heterocycles. The van der Waals surface area contributed by atoms with Crippen LogP contribution in [0, 0.1) is 0 Å². The maximum Gasteiger partial charge on any atom is 0.416 e. The molecule has 1 aromatic heterocycles. The Balaban J connectivity index is 1.81. The van der Waals surface area contributed by atoms with Crippen LogP contribution in [-0.4, -0.2) is 25.1 Å². The Labute approximate surface area is 157 Å². The largest absolute Gasteiger partial charge is 0.496 e. The monoisotopic (exact) mass is 392 g/mol. The quantitative estimate of drug-likeness (QED) is 0.685. The van der Waals surface area contributed by atoms with Gasteiger partial charge in [0.05, 0.1) is 19.8 Å². The first-order valence-electron chi connectivity index (χ1n) is 7.99. The number of nitrogens with one attached hydrogen (secondary N) is 1. The molecular formula is C19H15F3N2O4. The molecule has 0 bridgehead atoms. The van der Waals surface area contributed by atoms with Crippen LogP contribution < -0.4 is 14.8 Å². The minimum atomic E-state index is -4.42. The first-order chi connectivity index (χ1) is 13.3. The van der Waals surface area contributed by atoms with Gasteiger partial charge in [-0.1, -0.05) is 18.2 Å². The number of ether oxygens (including phenoxy) is 2. The lowest BCUT2D eigenvalue weighted by Crippen LogP contribution is -2.14. The van der Waals surface area contributed by atoms with Gasteiger partial charge in [-0.15, -0.1) is 0 Å². The molecule has 0 saturated heterocycles. The van der Waals surface area contributed by atoms with Crippen molar-refractivity contribution in [3.63, 3.8) is 0 Å². The van der Waals surface area contributed by atoms with Crippen molar-refractivity contribution in [1.29, 1.82) is 0 Å². The number of carbonyl (C=O) groups is 1. The third-order valence-electron chi connectivity index (χ3n) is 3.89. The first-order valence-corrected chi connectivity index (χ1v) is 7.99. The van der Waals surface area contributed by atoms with Crippen LogP contribution >= 0.6 is 0 Å². The van der Waals surface area contributed by atoms with Gasteiger partial charge in [-0.25, -0.2) is 0 Å². The summed E-state index contributed by atoms with van der Waals surface area (Å²) < 4.78 is 53.5. The molecule has 28 heavy (non-hydrogen) atoms. The smallest absolute Gasteiger partial charge is 0.416 e. The normalized spacial score (nSPS) is 11.2. The average Bonchev–Trinajstić information content (AvgIpc) is 3.15. The minimum Gasteiger partial charge on any atom is -0.496 e. The molecule has 146 valence electrons. The van der Waals surface area contributed by atoms with E-state index in [0.717, 1.165) is 12.1 Å². The molecule has 0 fully saturated rings. The van der Waals surface area contributed by atoms with E-state index < -0.39 is 17.6 Å². The molecule has 0 atom stereocenters. The van der Waals surface area contributed by atoms with E-state index in [1.807, 2.05) is 0 Å². The lowest BCUT2D eigenvalue weighted by molar-refractivity contribution is -0.137. The highest BCUT2D eigenvalue weighted by atomic mass is 19.4. The molecule has 9 heteroatoms. The lowest BCUT2D eigenvalue weighted by atomic mass is 10.1. The molecule has 0 aliphatic heterocycles. The number of hydrogen-bond acceptors (Lipinski definition) is 5. The number of carbonyl (C=O) groups excluding carboxylic acids is 1. The number of rotatable bonds is 5. The summed E-state index contributed by atoms with van der Waals surface area (Å²) in [5.41, 5.74) is 0.0708. The molecule has 1 amide bonds. The Morgan fingerprint density at radius 2 is 1.64 bits per heavy atom. The van der Waals surface area contributed by atoms with E-state index in [1.165, 1.54) is 32.6 Å². The van der Waals surface area contributed by atoms with E-state index in [4.69, 9.17) is 13.9 Å². The number of benzene rings is 2. The van der Waals surface area contributed by atoms with Crippen LogP contribution in [0.2, 0.25) is 0 Å².